The molecule has 0 amide bonds. The molecule has 1 heterocycles. The summed E-state index contributed by atoms with van der Waals surface area (Å²) in [5.74, 6) is -0.248. The number of hydrogen-bond acceptors (Lipinski definition) is 5. The maximum Gasteiger partial charge on any atom is 0.406 e. The number of hydrogen-bond donors (Lipinski definition) is 1. The molecule has 6 nitrogen and oxygen atoms in total. The van der Waals surface area contributed by atoms with Gasteiger partial charge in [0.1, 0.15) is 12.3 Å². The minimum Gasteiger partial charge on any atom is -0.483 e. The molecule has 0 aliphatic heterocycles. The fourth-order valence-corrected chi connectivity index (χ4v) is 0.984. The Balaban J connectivity index is 2.91. The molecule has 0 unspecified atom stereocenters. The average molecular weight is 212 g/mol. The Morgan fingerprint density at radius 2 is 2.33 bits per heavy atom. The van der Waals surface area contributed by atoms with E-state index in [0.717, 1.165) is 0 Å². The molecule has 15 heavy (non-hydrogen) atoms. The summed E-state index contributed by atoms with van der Waals surface area (Å²) >= 11 is 0. The molecular formula is C9H12N2O4. The Kier molecular flexibility index (Phi) is 3.56. The Morgan fingerprint density at radius 3 is 2.87 bits per heavy atom. The van der Waals surface area contributed by atoms with E-state index in [1.54, 1.807) is 13.0 Å². The number of aliphatic hydroxyl groups excluding tert-OH is 1. The smallest absolute Gasteiger partial charge is 0.406 e. The third-order valence-electron chi connectivity index (χ3n) is 1.63. The molecule has 0 fully saturated rings. The molecule has 1 aromatic rings. The zero-order valence-electron chi connectivity index (χ0n) is 8.51. The van der Waals surface area contributed by atoms with Crippen LogP contribution in [0.4, 0.5) is 5.82 Å². The van der Waals surface area contributed by atoms with Crippen LogP contribution in [0.15, 0.2) is 12.1 Å². The third kappa shape index (κ3) is 3.17. The van der Waals surface area contributed by atoms with E-state index in [2.05, 4.69) is 4.98 Å². The molecule has 1 N–H and O–H groups in total. The molecule has 0 aliphatic rings. The highest BCUT2D eigenvalue weighted by molar-refractivity contribution is 5.40. The lowest BCUT2D eigenvalue weighted by Crippen LogP contribution is -2.13. The lowest BCUT2D eigenvalue weighted by molar-refractivity contribution is -0.390. The molecule has 0 saturated carbocycles. The molecule has 0 bridgehead atoms. The highest BCUT2D eigenvalue weighted by atomic mass is 16.6. The summed E-state index contributed by atoms with van der Waals surface area (Å²) in [6, 6.07) is 3.09. The first-order chi connectivity index (χ1) is 7.00. The predicted octanol–water partition coefficient (Wildman–Crippen LogP) is 1.06. The summed E-state index contributed by atoms with van der Waals surface area (Å²) in [5, 5.41) is 19.6. The number of rotatable bonds is 4. The second kappa shape index (κ2) is 4.70. The lowest BCUT2D eigenvalue weighted by atomic mass is 10.3. The van der Waals surface area contributed by atoms with Gasteiger partial charge in [0.25, 0.3) is 0 Å². The van der Waals surface area contributed by atoms with E-state index >= 15 is 0 Å². The molecule has 82 valence electrons. The summed E-state index contributed by atoms with van der Waals surface area (Å²) < 4.78 is 5.06. The standard InChI is InChI=1S/C9H12N2O4/c1-6-3-4-8(15-5-7(2)12)9(10-6)11(13)14/h3-4,7,12H,5H2,1-2H3/t7-/m0/s1. The normalized spacial score (nSPS) is 12.2. The van der Waals surface area contributed by atoms with Gasteiger partial charge in [0.05, 0.1) is 6.10 Å². The highest BCUT2D eigenvalue weighted by Crippen LogP contribution is 2.24. The van der Waals surface area contributed by atoms with Crippen molar-refractivity contribution in [2.45, 2.75) is 20.0 Å². The molecule has 0 spiro atoms. The Bertz CT molecular complexity index is 365. The first-order valence-electron chi connectivity index (χ1n) is 4.43. The van der Waals surface area contributed by atoms with Crippen molar-refractivity contribution in [3.63, 3.8) is 0 Å². The Hall–Kier alpha value is -1.69. The molecule has 1 atom stereocenters. The number of ether oxygens (including phenoxy) is 1. The van der Waals surface area contributed by atoms with Gasteiger partial charge in [0, 0.05) is 6.92 Å². The van der Waals surface area contributed by atoms with Crippen molar-refractivity contribution in [2.75, 3.05) is 6.61 Å². The number of nitro groups is 1. The van der Waals surface area contributed by atoms with Gasteiger partial charge in [-0.05, 0) is 29.0 Å². The second-order valence-corrected chi connectivity index (χ2v) is 3.19. The fraction of sp³-hybridized carbons (Fsp3) is 0.444. The molecule has 0 saturated heterocycles. The van der Waals surface area contributed by atoms with Crippen LogP contribution in [0.5, 0.6) is 5.75 Å². The van der Waals surface area contributed by atoms with Gasteiger partial charge in [0.2, 0.25) is 5.75 Å². The monoisotopic (exact) mass is 212 g/mol. The summed E-state index contributed by atoms with van der Waals surface area (Å²) in [6.45, 7) is 3.20. The predicted molar refractivity (Wildman–Crippen MR) is 52.8 cm³/mol. The number of aliphatic hydroxyl groups is 1. The van der Waals surface area contributed by atoms with Crippen LogP contribution in [0, 0.1) is 17.0 Å². The van der Waals surface area contributed by atoms with Crippen molar-refractivity contribution in [3.8, 4) is 5.75 Å². The number of nitrogens with zero attached hydrogens (tertiary/aromatic N) is 2. The molecule has 0 aliphatic carbocycles. The molecule has 0 aromatic carbocycles. The van der Waals surface area contributed by atoms with Gasteiger partial charge in [-0.15, -0.1) is 0 Å². The molecule has 6 heteroatoms. The SMILES string of the molecule is Cc1ccc(OC[C@H](C)O)c([N+](=O)[O-])n1. The quantitative estimate of drug-likeness (QED) is 0.595. The van der Waals surface area contributed by atoms with Crippen molar-refractivity contribution in [3.05, 3.63) is 27.9 Å². The van der Waals surface area contributed by atoms with E-state index in [-0.39, 0.29) is 18.2 Å². The van der Waals surface area contributed by atoms with E-state index < -0.39 is 11.0 Å². The van der Waals surface area contributed by atoms with E-state index in [9.17, 15) is 10.1 Å². The van der Waals surface area contributed by atoms with Crippen LogP contribution in [-0.4, -0.2) is 27.7 Å². The first-order valence-corrected chi connectivity index (χ1v) is 4.43. The van der Waals surface area contributed by atoms with Crippen LogP contribution in [0.25, 0.3) is 0 Å². The van der Waals surface area contributed by atoms with E-state index in [4.69, 9.17) is 9.84 Å². The summed E-state index contributed by atoms with van der Waals surface area (Å²) in [5.41, 5.74) is 0.547. The zero-order chi connectivity index (χ0) is 11.4. The van der Waals surface area contributed by atoms with Crippen molar-refractivity contribution >= 4 is 5.82 Å². The van der Waals surface area contributed by atoms with Gasteiger partial charge in [-0.1, -0.05) is 0 Å². The maximum atomic E-state index is 10.6. The van der Waals surface area contributed by atoms with Crippen LogP contribution in [0.1, 0.15) is 12.6 Å². The van der Waals surface area contributed by atoms with Gasteiger partial charge in [0.15, 0.2) is 0 Å². The van der Waals surface area contributed by atoms with Gasteiger partial charge >= 0.3 is 5.82 Å². The van der Waals surface area contributed by atoms with E-state index in [0.29, 0.717) is 5.69 Å². The van der Waals surface area contributed by atoms with Gasteiger partial charge in [-0.2, -0.15) is 0 Å². The minimum atomic E-state index is -0.675. The maximum absolute atomic E-state index is 10.6. The summed E-state index contributed by atoms with van der Waals surface area (Å²) in [4.78, 5) is 13.8. The highest BCUT2D eigenvalue weighted by Gasteiger charge is 2.17. The summed E-state index contributed by atoms with van der Waals surface area (Å²) in [6.07, 6.45) is -0.675. The van der Waals surface area contributed by atoms with Crippen molar-refractivity contribution < 1.29 is 14.8 Å². The fourth-order valence-electron chi connectivity index (χ4n) is 0.984. The number of aromatic nitrogens is 1. The zero-order valence-corrected chi connectivity index (χ0v) is 8.51. The second-order valence-electron chi connectivity index (χ2n) is 3.19. The largest absolute Gasteiger partial charge is 0.483 e. The van der Waals surface area contributed by atoms with Crippen LogP contribution in [0.3, 0.4) is 0 Å². The van der Waals surface area contributed by atoms with Gasteiger partial charge in [-0.25, -0.2) is 0 Å². The van der Waals surface area contributed by atoms with Crippen LogP contribution < -0.4 is 4.74 Å². The topological polar surface area (TPSA) is 85.5 Å². The lowest BCUT2D eigenvalue weighted by Gasteiger charge is -2.07. The Morgan fingerprint density at radius 1 is 1.67 bits per heavy atom. The first kappa shape index (κ1) is 11.4. The number of pyridine rings is 1. The van der Waals surface area contributed by atoms with Crippen LogP contribution in [0.2, 0.25) is 0 Å². The van der Waals surface area contributed by atoms with E-state index in [1.807, 2.05) is 0 Å². The van der Waals surface area contributed by atoms with Gasteiger partial charge in [-0.3, -0.25) is 0 Å². The van der Waals surface area contributed by atoms with Crippen molar-refractivity contribution in [1.29, 1.82) is 0 Å². The van der Waals surface area contributed by atoms with Crippen LogP contribution >= 0.6 is 0 Å². The average Bonchev–Trinajstić information content (AvgIpc) is 2.15. The van der Waals surface area contributed by atoms with Crippen LogP contribution in [-0.2, 0) is 0 Å². The van der Waals surface area contributed by atoms with Crippen molar-refractivity contribution in [2.24, 2.45) is 0 Å². The summed E-state index contributed by atoms with van der Waals surface area (Å²) in [7, 11) is 0. The van der Waals surface area contributed by atoms with Gasteiger partial charge < -0.3 is 20.0 Å². The Labute approximate surface area is 86.7 Å². The van der Waals surface area contributed by atoms with E-state index in [1.165, 1.54) is 13.0 Å². The molecule has 1 rings (SSSR count). The number of aryl methyl sites for hydroxylation is 1. The minimum absolute atomic E-state index is 0.00554. The molecule has 0 radical (unpaired) electrons. The molecular weight excluding hydrogens is 200 g/mol. The third-order valence-corrected chi connectivity index (χ3v) is 1.63. The molecule has 1 aromatic heterocycles. The van der Waals surface area contributed by atoms with Crippen molar-refractivity contribution in [1.82, 2.24) is 4.98 Å².